The lowest BCUT2D eigenvalue weighted by molar-refractivity contribution is -0.163. The third-order valence-corrected chi connectivity index (χ3v) is 6.28. The Hall–Kier alpha value is -2.74. The lowest BCUT2D eigenvalue weighted by Gasteiger charge is -2.23. The van der Waals surface area contributed by atoms with Gasteiger partial charge in [-0.2, -0.15) is 0 Å². The fraction of sp³-hybridized carbons (Fsp3) is 0.360. The molecule has 0 aliphatic carbocycles. The van der Waals surface area contributed by atoms with Crippen LogP contribution in [-0.2, 0) is 25.6 Å². The maximum absolute atomic E-state index is 14.7. The first-order valence-corrected chi connectivity index (χ1v) is 12.7. The van der Waals surface area contributed by atoms with Crippen LogP contribution in [0.4, 0.5) is 15.8 Å². The van der Waals surface area contributed by atoms with Crippen LogP contribution in [-0.4, -0.2) is 48.2 Å². The fourth-order valence-electron chi connectivity index (χ4n) is 3.97. The highest BCUT2D eigenvalue weighted by atomic mass is 127. The van der Waals surface area contributed by atoms with Crippen molar-refractivity contribution in [2.75, 3.05) is 31.7 Å². The Labute approximate surface area is 222 Å². The molecule has 1 unspecified atom stereocenters. The monoisotopic (exact) mass is 610 g/mol. The molecule has 1 saturated heterocycles. The van der Waals surface area contributed by atoms with Crippen molar-refractivity contribution in [1.29, 1.82) is 0 Å². The molecule has 1 aromatic carbocycles. The van der Waals surface area contributed by atoms with Crippen LogP contribution < -0.4 is 10.8 Å². The quantitative estimate of drug-likeness (QED) is 0.131. The summed E-state index contributed by atoms with van der Waals surface area (Å²) in [6, 6.07) is 6.63. The molecule has 2 aromatic heterocycles. The number of hydroxylamine groups is 1. The molecule has 1 aliphatic rings. The van der Waals surface area contributed by atoms with Crippen LogP contribution in [0.5, 0.6) is 0 Å². The molecule has 1 aliphatic heterocycles. The van der Waals surface area contributed by atoms with Gasteiger partial charge in [-0.15, -0.1) is 0 Å². The number of amides is 1. The van der Waals surface area contributed by atoms with E-state index in [9.17, 15) is 9.18 Å². The largest absolute Gasteiger partial charge is 0.499 e. The minimum Gasteiger partial charge on any atom is -0.499 e. The summed E-state index contributed by atoms with van der Waals surface area (Å²) >= 11 is 2.04. The highest BCUT2D eigenvalue weighted by Gasteiger charge is 2.25. The minimum absolute atomic E-state index is 0.121. The molecule has 0 spiro atoms. The number of benzene rings is 1. The Morgan fingerprint density at radius 3 is 2.97 bits per heavy atom. The number of carbonyl (C=O) groups excluding carboxylic acids is 1. The van der Waals surface area contributed by atoms with Crippen LogP contribution in [0.15, 0.2) is 49.5 Å². The summed E-state index contributed by atoms with van der Waals surface area (Å²) in [4.78, 5) is 22.9. The van der Waals surface area contributed by atoms with Gasteiger partial charge in [0.25, 0.3) is 5.91 Å². The van der Waals surface area contributed by atoms with Crippen molar-refractivity contribution in [3.05, 3.63) is 64.6 Å². The molecule has 0 bridgehead atoms. The molecular weight excluding hydrogens is 582 g/mol. The predicted molar refractivity (Wildman–Crippen MR) is 141 cm³/mol. The SMILES string of the molecule is C=COCCONC(=O)c1c(Nc2ccc(I)cc2F)c2cnccc2n1CCOC1CCCCO1. The second-order valence-corrected chi connectivity index (χ2v) is 9.25. The number of halogens is 2. The number of aromatic nitrogens is 2. The summed E-state index contributed by atoms with van der Waals surface area (Å²) in [5, 5.41) is 3.76. The number of hydrogen-bond donors (Lipinski definition) is 2. The number of ether oxygens (including phenoxy) is 3. The third-order valence-electron chi connectivity index (χ3n) is 5.61. The van der Waals surface area contributed by atoms with Crippen LogP contribution in [0.1, 0.15) is 29.8 Å². The van der Waals surface area contributed by atoms with Gasteiger partial charge < -0.3 is 24.1 Å². The number of anilines is 2. The molecule has 3 aromatic rings. The van der Waals surface area contributed by atoms with Crippen molar-refractivity contribution in [3.8, 4) is 0 Å². The van der Waals surface area contributed by atoms with Gasteiger partial charge >= 0.3 is 0 Å². The molecule has 0 radical (unpaired) electrons. The maximum Gasteiger partial charge on any atom is 0.293 e. The molecular formula is C25H28FIN4O5. The summed E-state index contributed by atoms with van der Waals surface area (Å²) < 4.78 is 33.9. The summed E-state index contributed by atoms with van der Waals surface area (Å²) in [7, 11) is 0. The molecule has 2 N–H and O–H groups in total. The molecule has 1 amide bonds. The van der Waals surface area contributed by atoms with Crippen LogP contribution in [0.25, 0.3) is 10.9 Å². The van der Waals surface area contributed by atoms with E-state index in [1.807, 2.05) is 27.2 Å². The number of pyridine rings is 1. The lowest BCUT2D eigenvalue weighted by atomic mass is 10.2. The van der Waals surface area contributed by atoms with Gasteiger partial charge in [-0.3, -0.25) is 14.6 Å². The van der Waals surface area contributed by atoms with Gasteiger partial charge in [-0.25, -0.2) is 9.87 Å². The molecule has 1 atom stereocenters. The number of rotatable bonds is 12. The zero-order chi connectivity index (χ0) is 25.3. The van der Waals surface area contributed by atoms with Gasteiger partial charge in [0.15, 0.2) is 6.29 Å². The van der Waals surface area contributed by atoms with Crippen molar-refractivity contribution in [2.24, 2.45) is 0 Å². The van der Waals surface area contributed by atoms with Crippen LogP contribution >= 0.6 is 22.6 Å². The predicted octanol–water partition coefficient (Wildman–Crippen LogP) is 4.89. The highest BCUT2D eigenvalue weighted by molar-refractivity contribution is 14.1. The van der Waals surface area contributed by atoms with Crippen molar-refractivity contribution in [2.45, 2.75) is 32.1 Å². The first-order valence-electron chi connectivity index (χ1n) is 11.6. The van der Waals surface area contributed by atoms with Crippen molar-refractivity contribution in [3.63, 3.8) is 0 Å². The van der Waals surface area contributed by atoms with Gasteiger partial charge in [0.1, 0.15) is 24.7 Å². The zero-order valence-electron chi connectivity index (χ0n) is 19.7. The first kappa shape index (κ1) is 26.3. The topological polar surface area (TPSA) is 95.9 Å². The third kappa shape index (κ3) is 6.52. The Balaban J connectivity index is 1.65. The second kappa shape index (κ2) is 13.0. The molecule has 36 heavy (non-hydrogen) atoms. The van der Waals surface area contributed by atoms with E-state index < -0.39 is 11.7 Å². The number of carbonyl (C=O) groups is 1. The second-order valence-electron chi connectivity index (χ2n) is 8.00. The average molecular weight is 610 g/mol. The minimum atomic E-state index is -0.507. The molecule has 9 nitrogen and oxygen atoms in total. The summed E-state index contributed by atoms with van der Waals surface area (Å²) in [6.45, 7) is 5.18. The first-order chi connectivity index (χ1) is 17.6. The summed E-state index contributed by atoms with van der Waals surface area (Å²) in [5.41, 5.74) is 4.10. The Bertz CT molecular complexity index is 1200. The van der Waals surface area contributed by atoms with Gasteiger partial charge in [0.2, 0.25) is 0 Å². The van der Waals surface area contributed by atoms with Gasteiger partial charge in [-0.1, -0.05) is 6.58 Å². The van der Waals surface area contributed by atoms with E-state index in [0.29, 0.717) is 30.8 Å². The summed E-state index contributed by atoms with van der Waals surface area (Å²) in [5.74, 6) is -0.944. The van der Waals surface area contributed by atoms with Gasteiger partial charge in [-0.05, 0) is 66.1 Å². The zero-order valence-corrected chi connectivity index (χ0v) is 21.8. The lowest BCUT2D eigenvalue weighted by Crippen LogP contribution is -2.29. The number of nitrogens with zero attached hydrogens (tertiary/aromatic N) is 2. The molecule has 192 valence electrons. The molecule has 3 heterocycles. The van der Waals surface area contributed by atoms with E-state index in [2.05, 4.69) is 22.4 Å². The van der Waals surface area contributed by atoms with Crippen LogP contribution in [0.2, 0.25) is 0 Å². The van der Waals surface area contributed by atoms with E-state index in [1.165, 1.54) is 12.3 Å². The van der Waals surface area contributed by atoms with Crippen molar-refractivity contribution in [1.82, 2.24) is 15.0 Å². The number of hydrogen-bond acceptors (Lipinski definition) is 7. The van der Waals surface area contributed by atoms with E-state index in [1.54, 1.807) is 30.6 Å². The van der Waals surface area contributed by atoms with E-state index in [-0.39, 0.29) is 30.9 Å². The average Bonchev–Trinajstić information content (AvgIpc) is 3.19. The smallest absolute Gasteiger partial charge is 0.293 e. The molecule has 11 heteroatoms. The normalized spacial score (nSPS) is 15.6. The van der Waals surface area contributed by atoms with E-state index in [0.717, 1.165) is 28.3 Å². The summed E-state index contributed by atoms with van der Waals surface area (Å²) in [6.07, 6.45) is 7.24. The van der Waals surface area contributed by atoms with E-state index in [4.69, 9.17) is 19.0 Å². The van der Waals surface area contributed by atoms with Crippen molar-refractivity contribution < 1.29 is 28.2 Å². The standard InChI is InChI=1S/C25H28FIN4O5/c1-2-33-13-14-36-30-25(32)24-23(29-20-7-6-17(27)15-19(20)26)18-16-28-9-8-21(18)31(24)10-12-35-22-5-3-4-11-34-22/h2,6-9,15-16,22,29H,1,3-5,10-14H2,(H,30,32). The van der Waals surface area contributed by atoms with Gasteiger partial charge in [0, 0.05) is 34.5 Å². The molecule has 0 saturated carbocycles. The van der Waals surface area contributed by atoms with E-state index >= 15 is 0 Å². The molecule has 1 fully saturated rings. The number of nitrogens with one attached hydrogen (secondary N) is 2. The Morgan fingerprint density at radius 2 is 2.19 bits per heavy atom. The van der Waals surface area contributed by atoms with Gasteiger partial charge in [0.05, 0.1) is 29.8 Å². The van der Waals surface area contributed by atoms with Crippen LogP contribution in [0, 0.1) is 9.39 Å². The fourth-order valence-corrected chi connectivity index (χ4v) is 4.43. The Kier molecular flexibility index (Phi) is 9.50. The number of fused-ring (bicyclic) bond motifs is 1. The highest BCUT2D eigenvalue weighted by Crippen LogP contribution is 2.34. The van der Waals surface area contributed by atoms with Crippen molar-refractivity contribution >= 4 is 50.8 Å². The maximum atomic E-state index is 14.7. The Morgan fingerprint density at radius 1 is 1.31 bits per heavy atom. The van der Waals surface area contributed by atoms with Crippen LogP contribution in [0.3, 0.4) is 0 Å². The molecule has 4 rings (SSSR count).